The van der Waals surface area contributed by atoms with E-state index in [1.807, 2.05) is 30.3 Å². The van der Waals surface area contributed by atoms with Crippen LogP contribution in [0.5, 0.6) is 0 Å². The summed E-state index contributed by atoms with van der Waals surface area (Å²) in [7, 11) is 0. The van der Waals surface area contributed by atoms with Crippen molar-refractivity contribution in [2.45, 2.75) is 115 Å². The summed E-state index contributed by atoms with van der Waals surface area (Å²) in [6.07, 6.45) is 15.6. The van der Waals surface area contributed by atoms with Crippen molar-refractivity contribution in [1.82, 2.24) is 20.4 Å². The third kappa shape index (κ3) is 9.35. The summed E-state index contributed by atoms with van der Waals surface area (Å²) >= 11 is 0. The second kappa shape index (κ2) is 16.3. The minimum Gasteiger partial charge on any atom is -0.354 e. The van der Waals surface area contributed by atoms with Crippen LogP contribution in [0.1, 0.15) is 102 Å². The molecule has 206 valence electrons. The standard InChI is InChI=1S/C30H48N4O3/c1-2-3-4-5-6-7-8-9-10-14-21-31-28(35)26-19-15-22-33(26)29(36)27-20-16-23-34(27)30(37)32-24-25-17-12-11-13-18-25/h11-13,17-18,26-27H,2-10,14-16,19-24H2,1H3,(H,31,35)(H,32,37)/t26-,27-/m0/s1. The Kier molecular flexibility index (Phi) is 12.8. The zero-order valence-corrected chi connectivity index (χ0v) is 22.9. The van der Waals surface area contributed by atoms with Crippen LogP contribution in [0.4, 0.5) is 4.79 Å². The molecule has 37 heavy (non-hydrogen) atoms. The van der Waals surface area contributed by atoms with E-state index < -0.39 is 12.1 Å². The normalized spacial score (nSPS) is 19.3. The van der Waals surface area contributed by atoms with Crippen molar-refractivity contribution < 1.29 is 14.4 Å². The van der Waals surface area contributed by atoms with Crippen LogP contribution in [0.3, 0.4) is 0 Å². The lowest BCUT2D eigenvalue weighted by atomic mass is 10.1. The zero-order valence-electron chi connectivity index (χ0n) is 22.9. The first-order chi connectivity index (χ1) is 18.1. The van der Waals surface area contributed by atoms with Gasteiger partial charge in [-0.25, -0.2) is 4.79 Å². The van der Waals surface area contributed by atoms with Gasteiger partial charge in [0, 0.05) is 26.2 Å². The summed E-state index contributed by atoms with van der Waals surface area (Å²) in [5, 5.41) is 6.02. The van der Waals surface area contributed by atoms with Crippen molar-refractivity contribution in [1.29, 1.82) is 0 Å². The number of carbonyl (C=O) groups is 3. The maximum atomic E-state index is 13.4. The lowest BCUT2D eigenvalue weighted by Crippen LogP contribution is -2.54. The third-order valence-corrected chi connectivity index (χ3v) is 7.75. The molecule has 2 N–H and O–H groups in total. The first kappa shape index (κ1) is 29.0. The predicted octanol–water partition coefficient (Wildman–Crippen LogP) is 5.39. The monoisotopic (exact) mass is 512 g/mol. The number of urea groups is 1. The fraction of sp³-hybridized carbons (Fsp3) is 0.700. The van der Waals surface area contributed by atoms with Gasteiger partial charge in [0.1, 0.15) is 12.1 Å². The number of carbonyl (C=O) groups excluding carboxylic acids is 3. The van der Waals surface area contributed by atoms with E-state index in [-0.39, 0.29) is 17.8 Å². The fourth-order valence-corrected chi connectivity index (χ4v) is 5.58. The molecule has 0 saturated carbocycles. The lowest BCUT2D eigenvalue weighted by molar-refractivity contribution is -0.141. The summed E-state index contributed by atoms with van der Waals surface area (Å²) in [5.41, 5.74) is 1.02. The van der Waals surface area contributed by atoms with Crippen molar-refractivity contribution in [3.63, 3.8) is 0 Å². The topological polar surface area (TPSA) is 81.8 Å². The van der Waals surface area contributed by atoms with Gasteiger partial charge in [0.25, 0.3) is 0 Å². The number of nitrogens with zero attached hydrogens (tertiary/aromatic N) is 2. The molecule has 0 unspecified atom stereocenters. The molecule has 0 bridgehead atoms. The number of unbranched alkanes of at least 4 members (excludes halogenated alkanes) is 9. The Morgan fingerprint density at radius 1 is 0.757 bits per heavy atom. The molecule has 1 aromatic carbocycles. The minimum atomic E-state index is -0.480. The van der Waals surface area contributed by atoms with Gasteiger partial charge < -0.3 is 20.4 Å². The SMILES string of the molecule is CCCCCCCCCCCCNC(=O)[C@@H]1CCCN1C(=O)[C@@H]1CCCN1C(=O)NCc1ccccc1. The largest absolute Gasteiger partial charge is 0.354 e. The first-order valence-electron chi connectivity index (χ1n) is 14.8. The Hall–Kier alpha value is -2.57. The van der Waals surface area contributed by atoms with E-state index in [2.05, 4.69) is 17.6 Å². The quantitative estimate of drug-likeness (QED) is 0.309. The molecular weight excluding hydrogens is 464 g/mol. The number of rotatable bonds is 15. The molecule has 0 spiro atoms. The maximum absolute atomic E-state index is 13.4. The molecule has 2 saturated heterocycles. The summed E-state index contributed by atoms with van der Waals surface area (Å²) < 4.78 is 0. The van der Waals surface area contributed by atoms with Crippen LogP contribution < -0.4 is 10.6 Å². The molecule has 2 aliphatic heterocycles. The Balaban J connectivity index is 1.36. The molecule has 7 nitrogen and oxygen atoms in total. The van der Waals surface area contributed by atoms with Gasteiger partial charge in [0.2, 0.25) is 11.8 Å². The van der Waals surface area contributed by atoms with Gasteiger partial charge in [0.15, 0.2) is 0 Å². The summed E-state index contributed by atoms with van der Waals surface area (Å²) in [5.74, 6) is -0.121. The average Bonchev–Trinajstić information content (AvgIpc) is 3.61. The lowest BCUT2D eigenvalue weighted by Gasteiger charge is -2.31. The van der Waals surface area contributed by atoms with Gasteiger partial charge >= 0.3 is 6.03 Å². The number of benzene rings is 1. The van der Waals surface area contributed by atoms with Crippen LogP contribution in [0.25, 0.3) is 0 Å². The van der Waals surface area contributed by atoms with Crippen molar-refractivity contribution >= 4 is 17.8 Å². The number of amides is 4. The highest BCUT2D eigenvalue weighted by molar-refractivity contribution is 5.92. The smallest absolute Gasteiger partial charge is 0.318 e. The van der Waals surface area contributed by atoms with Crippen molar-refractivity contribution in [3.8, 4) is 0 Å². The van der Waals surface area contributed by atoms with E-state index in [9.17, 15) is 14.4 Å². The maximum Gasteiger partial charge on any atom is 0.318 e. The van der Waals surface area contributed by atoms with E-state index >= 15 is 0 Å². The zero-order chi connectivity index (χ0) is 26.3. The Morgan fingerprint density at radius 2 is 1.35 bits per heavy atom. The van der Waals surface area contributed by atoms with E-state index in [4.69, 9.17) is 0 Å². The molecule has 3 rings (SSSR count). The number of nitrogens with one attached hydrogen (secondary N) is 2. The van der Waals surface area contributed by atoms with E-state index in [1.165, 1.54) is 51.4 Å². The van der Waals surface area contributed by atoms with E-state index in [1.54, 1.807) is 9.80 Å². The van der Waals surface area contributed by atoms with Crippen molar-refractivity contribution in [3.05, 3.63) is 35.9 Å². The Morgan fingerprint density at radius 3 is 2.03 bits per heavy atom. The van der Waals surface area contributed by atoms with Crippen molar-refractivity contribution in [2.75, 3.05) is 19.6 Å². The van der Waals surface area contributed by atoms with Crippen LogP contribution in [-0.4, -0.2) is 59.4 Å². The molecule has 0 aliphatic carbocycles. The molecule has 0 aromatic heterocycles. The highest BCUT2D eigenvalue weighted by Gasteiger charge is 2.42. The van der Waals surface area contributed by atoms with Crippen LogP contribution in [0.2, 0.25) is 0 Å². The van der Waals surface area contributed by atoms with Crippen LogP contribution >= 0.6 is 0 Å². The van der Waals surface area contributed by atoms with Crippen LogP contribution in [0.15, 0.2) is 30.3 Å². The fourth-order valence-electron chi connectivity index (χ4n) is 5.58. The van der Waals surface area contributed by atoms with E-state index in [0.717, 1.165) is 31.2 Å². The second-order valence-electron chi connectivity index (χ2n) is 10.7. The molecule has 7 heteroatoms. The number of likely N-dealkylation sites (tertiary alicyclic amines) is 2. The number of hydrogen-bond acceptors (Lipinski definition) is 3. The van der Waals surface area contributed by atoms with E-state index in [0.29, 0.717) is 39.0 Å². The highest BCUT2D eigenvalue weighted by atomic mass is 16.2. The minimum absolute atomic E-state index is 0.0418. The Labute approximate surface area is 223 Å². The highest BCUT2D eigenvalue weighted by Crippen LogP contribution is 2.25. The summed E-state index contributed by atoms with van der Waals surface area (Å²) in [4.78, 5) is 42.6. The average molecular weight is 513 g/mol. The summed E-state index contributed by atoms with van der Waals surface area (Å²) in [6.45, 7) is 4.51. The van der Waals surface area contributed by atoms with Gasteiger partial charge in [-0.05, 0) is 37.7 Å². The van der Waals surface area contributed by atoms with Gasteiger partial charge in [0.05, 0.1) is 0 Å². The summed E-state index contributed by atoms with van der Waals surface area (Å²) in [6, 6.07) is 8.67. The van der Waals surface area contributed by atoms with Gasteiger partial charge in [-0.2, -0.15) is 0 Å². The van der Waals surface area contributed by atoms with Gasteiger partial charge in [-0.1, -0.05) is 95.0 Å². The van der Waals surface area contributed by atoms with Gasteiger partial charge in [-0.15, -0.1) is 0 Å². The third-order valence-electron chi connectivity index (χ3n) is 7.75. The van der Waals surface area contributed by atoms with Gasteiger partial charge in [-0.3, -0.25) is 9.59 Å². The van der Waals surface area contributed by atoms with Crippen molar-refractivity contribution in [2.24, 2.45) is 0 Å². The Bertz CT molecular complexity index is 831. The predicted molar refractivity (Wildman–Crippen MR) is 148 cm³/mol. The molecule has 2 aliphatic rings. The van der Waals surface area contributed by atoms with Crippen LogP contribution in [-0.2, 0) is 16.1 Å². The molecule has 4 amide bonds. The number of hydrogen-bond donors (Lipinski definition) is 2. The second-order valence-corrected chi connectivity index (χ2v) is 10.7. The molecule has 2 heterocycles. The molecule has 0 radical (unpaired) electrons. The van der Waals surface area contributed by atoms with Crippen LogP contribution in [0, 0.1) is 0 Å². The first-order valence-corrected chi connectivity index (χ1v) is 14.8. The molecular formula is C30H48N4O3. The molecule has 2 fully saturated rings. The molecule has 2 atom stereocenters. The molecule has 1 aromatic rings.